The maximum Gasteiger partial charge on any atom is 0.128 e. The van der Waals surface area contributed by atoms with Gasteiger partial charge in [-0.2, -0.15) is 0 Å². The van der Waals surface area contributed by atoms with Gasteiger partial charge in [0.25, 0.3) is 0 Å². The summed E-state index contributed by atoms with van der Waals surface area (Å²) >= 11 is 0. The highest BCUT2D eigenvalue weighted by atomic mass is 19.1. The van der Waals surface area contributed by atoms with Gasteiger partial charge in [0, 0.05) is 11.6 Å². The van der Waals surface area contributed by atoms with Crippen LogP contribution in [0, 0.1) is 5.82 Å². The van der Waals surface area contributed by atoms with Crippen LogP contribution in [0.4, 0.5) is 4.39 Å². The minimum atomic E-state index is -0.232. The molecule has 0 aromatic heterocycles. The molecule has 0 saturated heterocycles. The van der Waals surface area contributed by atoms with Gasteiger partial charge in [-0.25, -0.2) is 4.39 Å². The lowest BCUT2D eigenvalue weighted by Gasteiger charge is -2.16. The van der Waals surface area contributed by atoms with Gasteiger partial charge in [0.15, 0.2) is 0 Å². The lowest BCUT2D eigenvalue weighted by Crippen LogP contribution is -2.31. The molecule has 3 heteroatoms. The van der Waals surface area contributed by atoms with Gasteiger partial charge in [0.2, 0.25) is 0 Å². The Labute approximate surface area is 83.9 Å². The van der Waals surface area contributed by atoms with Crippen molar-refractivity contribution in [3.05, 3.63) is 35.6 Å². The van der Waals surface area contributed by atoms with E-state index in [9.17, 15) is 4.39 Å². The average molecular weight is 197 g/mol. The topological polar surface area (TPSA) is 35.2 Å². The molecule has 14 heavy (non-hydrogen) atoms. The number of halogens is 1. The molecule has 0 aliphatic rings. The maximum atomic E-state index is 13.1. The lowest BCUT2D eigenvalue weighted by atomic mass is 10.2. The van der Waals surface area contributed by atoms with Crippen LogP contribution in [0.1, 0.15) is 19.4 Å². The molecule has 1 rings (SSSR count). The van der Waals surface area contributed by atoms with Gasteiger partial charge < -0.3 is 10.5 Å². The second-order valence-electron chi connectivity index (χ2n) is 3.47. The second kappa shape index (κ2) is 5.08. The van der Waals surface area contributed by atoms with E-state index in [1.807, 2.05) is 13.8 Å². The summed E-state index contributed by atoms with van der Waals surface area (Å²) in [6, 6.07) is 6.55. The molecule has 0 radical (unpaired) electrons. The first-order chi connectivity index (χ1) is 6.61. The Morgan fingerprint density at radius 1 is 1.36 bits per heavy atom. The van der Waals surface area contributed by atoms with E-state index >= 15 is 0 Å². The monoisotopic (exact) mass is 197 g/mol. The summed E-state index contributed by atoms with van der Waals surface area (Å²) in [5.74, 6) is -0.232. The third-order valence-corrected chi connectivity index (χ3v) is 2.20. The second-order valence-corrected chi connectivity index (χ2v) is 3.47. The van der Waals surface area contributed by atoms with E-state index < -0.39 is 0 Å². The van der Waals surface area contributed by atoms with Crippen molar-refractivity contribution < 1.29 is 9.13 Å². The quantitative estimate of drug-likeness (QED) is 0.802. The molecule has 0 bridgehead atoms. The SMILES string of the molecule is CC(OCc1ccccc1F)[C@@H](C)N. The zero-order chi connectivity index (χ0) is 10.6. The standard InChI is InChI=1S/C11H16FNO/c1-8(13)9(2)14-7-10-5-3-4-6-11(10)12/h3-6,8-9H,7,13H2,1-2H3/t8-,9?/m1/s1. The maximum absolute atomic E-state index is 13.1. The molecule has 0 heterocycles. The molecule has 2 N–H and O–H groups in total. The molecule has 0 aliphatic carbocycles. The van der Waals surface area contributed by atoms with Crippen LogP contribution in [0.3, 0.4) is 0 Å². The molecule has 0 aliphatic heterocycles. The van der Waals surface area contributed by atoms with Crippen LogP contribution in [-0.4, -0.2) is 12.1 Å². The van der Waals surface area contributed by atoms with E-state index in [0.717, 1.165) is 0 Å². The van der Waals surface area contributed by atoms with Crippen molar-refractivity contribution in [1.29, 1.82) is 0 Å². The number of hydrogen-bond donors (Lipinski definition) is 1. The fraction of sp³-hybridized carbons (Fsp3) is 0.455. The largest absolute Gasteiger partial charge is 0.372 e. The fourth-order valence-corrected chi connectivity index (χ4v) is 0.988. The molecule has 1 unspecified atom stereocenters. The van der Waals surface area contributed by atoms with Crippen LogP contribution in [0.2, 0.25) is 0 Å². The van der Waals surface area contributed by atoms with E-state index in [1.54, 1.807) is 18.2 Å². The van der Waals surface area contributed by atoms with Crippen LogP contribution < -0.4 is 5.73 Å². The molecule has 0 spiro atoms. The van der Waals surface area contributed by atoms with Crippen LogP contribution in [0.15, 0.2) is 24.3 Å². The third-order valence-electron chi connectivity index (χ3n) is 2.20. The van der Waals surface area contributed by atoms with E-state index in [-0.39, 0.29) is 24.6 Å². The van der Waals surface area contributed by atoms with Crippen LogP contribution >= 0.6 is 0 Å². The van der Waals surface area contributed by atoms with Gasteiger partial charge in [0.05, 0.1) is 12.7 Å². The molecule has 1 aromatic carbocycles. The number of benzene rings is 1. The first-order valence-corrected chi connectivity index (χ1v) is 4.72. The molecule has 2 nitrogen and oxygen atoms in total. The number of hydrogen-bond acceptors (Lipinski definition) is 2. The minimum Gasteiger partial charge on any atom is -0.372 e. The Morgan fingerprint density at radius 3 is 2.57 bits per heavy atom. The normalized spacial score (nSPS) is 15.1. The number of rotatable bonds is 4. The highest BCUT2D eigenvalue weighted by molar-refractivity contribution is 5.16. The van der Waals surface area contributed by atoms with Crippen molar-refractivity contribution in [2.45, 2.75) is 32.6 Å². The smallest absolute Gasteiger partial charge is 0.128 e. The van der Waals surface area contributed by atoms with E-state index in [4.69, 9.17) is 10.5 Å². The summed E-state index contributed by atoms with van der Waals surface area (Å²) < 4.78 is 18.5. The first kappa shape index (κ1) is 11.1. The van der Waals surface area contributed by atoms with Gasteiger partial charge in [-0.05, 0) is 19.9 Å². The Balaban J connectivity index is 2.50. The van der Waals surface area contributed by atoms with Crippen molar-refractivity contribution in [3.63, 3.8) is 0 Å². The van der Waals surface area contributed by atoms with E-state index in [2.05, 4.69) is 0 Å². The number of ether oxygens (including phenoxy) is 1. The summed E-state index contributed by atoms with van der Waals surface area (Å²) in [6.07, 6.45) is -0.0605. The molecule has 1 aromatic rings. The highest BCUT2D eigenvalue weighted by Gasteiger charge is 2.08. The predicted octanol–water partition coefficient (Wildman–Crippen LogP) is 2.08. The molecule has 78 valence electrons. The fourth-order valence-electron chi connectivity index (χ4n) is 0.988. The van der Waals surface area contributed by atoms with Crippen molar-refractivity contribution in [3.8, 4) is 0 Å². The summed E-state index contributed by atoms with van der Waals surface area (Å²) in [5, 5.41) is 0. The molecule has 0 amide bonds. The summed E-state index contributed by atoms with van der Waals surface area (Å²) in [7, 11) is 0. The zero-order valence-corrected chi connectivity index (χ0v) is 8.53. The van der Waals surface area contributed by atoms with Crippen molar-refractivity contribution in [2.75, 3.05) is 0 Å². The molecular weight excluding hydrogens is 181 g/mol. The van der Waals surface area contributed by atoms with Crippen molar-refractivity contribution >= 4 is 0 Å². The Bertz CT molecular complexity index is 288. The molecule has 0 fully saturated rings. The Hall–Kier alpha value is -0.930. The van der Waals surface area contributed by atoms with Gasteiger partial charge in [-0.15, -0.1) is 0 Å². The van der Waals surface area contributed by atoms with E-state index in [0.29, 0.717) is 5.56 Å². The predicted molar refractivity (Wildman–Crippen MR) is 54.3 cm³/mol. The third kappa shape index (κ3) is 3.09. The summed E-state index contributed by atoms with van der Waals surface area (Å²) in [6.45, 7) is 4.02. The Morgan fingerprint density at radius 2 is 2.00 bits per heavy atom. The molecule has 0 saturated carbocycles. The average Bonchev–Trinajstić information content (AvgIpc) is 2.16. The lowest BCUT2D eigenvalue weighted by molar-refractivity contribution is 0.0383. The molecular formula is C11H16FNO. The molecule has 2 atom stereocenters. The van der Waals surface area contributed by atoms with Gasteiger partial charge in [0.1, 0.15) is 5.82 Å². The van der Waals surface area contributed by atoms with Crippen LogP contribution in [0.5, 0.6) is 0 Å². The summed E-state index contributed by atoms with van der Waals surface area (Å²) in [4.78, 5) is 0. The van der Waals surface area contributed by atoms with Gasteiger partial charge >= 0.3 is 0 Å². The first-order valence-electron chi connectivity index (χ1n) is 4.72. The number of nitrogens with two attached hydrogens (primary N) is 1. The van der Waals surface area contributed by atoms with Crippen LogP contribution in [0.25, 0.3) is 0 Å². The van der Waals surface area contributed by atoms with Crippen molar-refractivity contribution in [1.82, 2.24) is 0 Å². The highest BCUT2D eigenvalue weighted by Crippen LogP contribution is 2.09. The van der Waals surface area contributed by atoms with E-state index in [1.165, 1.54) is 6.07 Å². The Kier molecular flexibility index (Phi) is 4.04. The minimum absolute atomic E-state index is 0.0400. The van der Waals surface area contributed by atoms with Gasteiger partial charge in [-0.1, -0.05) is 18.2 Å². The van der Waals surface area contributed by atoms with Crippen molar-refractivity contribution in [2.24, 2.45) is 5.73 Å². The zero-order valence-electron chi connectivity index (χ0n) is 8.53. The van der Waals surface area contributed by atoms with Crippen LogP contribution in [-0.2, 0) is 11.3 Å². The summed E-state index contributed by atoms with van der Waals surface area (Å²) in [5.41, 5.74) is 6.19. The van der Waals surface area contributed by atoms with Gasteiger partial charge in [-0.3, -0.25) is 0 Å².